The van der Waals surface area contributed by atoms with Crippen molar-refractivity contribution in [2.75, 3.05) is 5.32 Å². The van der Waals surface area contributed by atoms with Crippen molar-refractivity contribution in [3.05, 3.63) is 101 Å². The first-order chi connectivity index (χ1) is 14.0. The number of halogens is 1. The van der Waals surface area contributed by atoms with E-state index in [-0.39, 0.29) is 18.0 Å². The molecule has 0 bridgehead atoms. The number of amides is 1. The van der Waals surface area contributed by atoms with Gasteiger partial charge in [-0.05, 0) is 60.0 Å². The molecule has 29 heavy (non-hydrogen) atoms. The van der Waals surface area contributed by atoms with Gasteiger partial charge in [0.05, 0.1) is 0 Å². The standard InChI is InChI=1S/C24H19FN2O2/c1-17-5-2-3-8-23(17)27-24(28)20(15-26)13-18-9-11-22(12-10-18)29-16-19-6-4-7-21(25)14-19/h2-14H,16H2,1H3,(H,27,28)/b20-13-. The monoisotopic (exact) mass is 386 g/mol. The van der Waals surface area contributed by atoms with Gasteiger partial charge in [0.1, 0.15) is 29.8 Å². The zero-order valence-corrected chi connectivity index (χ0v) is 15.9. The molecule has 0 aliphatic rings. The van der Waals surface area contributed by atoms with Gasteiger partial charge in [0.15, 0.2) is 0 Å². The molecule has 144 valence electrons. The molecule has 1 amide bonds. The third kappa shape index (κ3) is 5.53. The second-order valence-corrected chi connectivity index (χ2v) is 6.43. The van der Waals surface area contributed by atoms with Gasteiger partial charge in [0, 0.05) is 5.69 Å². The first kappa shape index (κ1) is 19.8. The fraction of sp³-hybridized carbons (Fsp3) is 0.0833. The third-order valence-electron chi connectivity index (χ3n) is 4.24. The summed E-state index contributed by atoms with van der Waals surface area (Å²) in [6.45, 7) is 2.13. The molecule has 4 nitrogen and oxygen atoms in total. The Labute approximate surface area is 168 Å². The van der Waals surface area contributed by atoms with Gasteiger partial charge < -0.3 is 10.1 Å². The highest BCUT2D eigenvalue weighted by Gasteiger charge is 2.10. The first-order valence-corrected chi connectivity index (χ1v) is 9.01. The van der Waals surface area contributed by atoms with E-state index in [9.17, 15) is 14.4 Å². The largest absolute Gasteiger partial charge is 0.489 e. The lowest BCUT2D eigenvalue weighted by molar-refractivity contribution is -0.112. The number of para-hydroxylation sites is 1. The van der Waals surface area contributed by atoms with Gasteiger partial charge in [0.25, 0.3) is 5.91 Å². The number of carbonyl (C=O) groups is 1. The molecule has 0 saturated heterocycles. The minimum Gasteiger partial charge on any atom is -0.489 e. The quantitative estimate of drug-likeness (QED) is 0.464. The number of anilines is 1. The van der Waals surface area contributed by atoms with E-state index in [0.717, 1.165) is 11.1 Å². The number of carbonyl (C=O) groups excluding carboxylic acids is 1. The van der Waals surface area contributed by atoms with E-state index >= 15 is 0 Å². The lowest BCUT2D eigenvalue weighted by atomic mass is 10.1. The summed E-state index contributed by atoms with van der Waals surface area (Å²) in [5.41, 5.74) is 3.01. The third-order valence-corrected chi connectivity index (χ3v) is 4.24. The van der Waals surface area contributed by atoms with Crippen LogP contribution in [0, 0.1) is 24.1 Å². The van der Waals surface area contributed by atoms with Crippen LogP contribution in [0.2, 0.25) is 0 Å². The van der Waals surface area contributed by atoms with Gasteiger partial charge in [-0.25, -0.2) is 4.39 Å². The van der Waals surface area contributed by atoms with E-state index < -0.39 is 5.91 Å². The molecule has 0 spiro atoms. The SMILES string of the molecule is Cc1ccccc1NC(=O)/C(C#N)=C\c1ccc(OCc2cccc(F)c2)cc1. The van der Waals surface area contributed by atoms with Crippen LogP contribution in [0.3, 0.4) is 0 Å². The predicted octanol–water partition coefficient (Wildman–Crippen LogP) is 5.26. The molecule has 0 saturated carbocycles. The molecule has 0 heterocycles. The fourth-order valence-corrected chi connectivity index (χ4v) is 2.67. The number of aryl methyl sites for hydroxylation is 1. The number of ether oxygens (including phenoxy) is 1. The summed E-state index contributed by atoms with van der Waals surface area (Å²) in [5.74, 6) is -0.165. The Balaban J connectivity index is 1.66. The Morgan fingerprint density at radius 3 is 2.55 bits per heavy atom. The number of hydrogen-bond acceptors (Lipinski definition) is 3. The number of nitrogens with one attached hydrogen (secondary N) is 1. The van der Waals surface area contributed by atoms with Crippen molar-refractivity contribution < 1.29 is 13.9 Å². The van der Waals surface area contributed by atoms with Crippen molar-refractivity contribution in [1.29, 1.82) is 5.26 Å². The average Bonchev–Trinajstić information content (AvgIpc) is 2.73. The van der Waals surface area contributed by atoms with Gasteiger partial charge in [-0.2, -0.15) is 5.26 Å². The van der Waals surface area contributed by atoms with Gasteiger partial charge in [-0.1, -0.05) is 42.5 Å². The highest BCUT2D eigenvalue weighted by molar-refractivity contribution is 6.09. The molecule has 0 fully saturated rings. The summed E-state index contributed by atoms with van der Waals surface area (Å²) >= 11 is 0. The molecule has 1 N–H and O–H groups in total. The van der Waals surface area contributed by atoms with Crippen LogP contribution in [-0.2, 0) is 11.4 Å². The zero-order chi connectivity index (χ0) is 20.6. The van der Waals surface area contributed by atoms with E-state index in [1.54, 1.807) is 42.5 Å². The Kier molecular flexibility index (Phi) is 6.39. The number of nitriles is 1. The smallest absolute Gasteiger partial charge is 0.266 e. The van der Waals surface area contributed by atoms with Crippen LogP contribution < -0.4 is 10.1 Å². The van der Waals surface area contributed by atoms with E-state index in [4.69, 9.17) is 4.74 Å². The lowest BCUT2D eigenvalue weighted by Crippen LogP contribution is -2.14. The van der Waals surface area contributed by atoms with Crippen LogP contribution in [0.4, 0.5) is 10.1 Å². The van der Waals surface area contributed by atoms with E-state index in [1.165, 1.54) is 18.2 Å². The lowest BCUT2D eigenvalue weighted by Gasteiger charge is -2.08. The van der Waals surface area contributed by atoms with Crippen molar-refractivity contribution in [1.82, 2.24) is 0 Å². The summed E-state index contributed by atoms with van der Waals surface area (Å²) in [6, 6.07) is 22.5. The zero-order valence-electron chi connectivity index (χ0n) is 15.9. The van der Waals surface area contributed by atoms with E-state index in [0.29, 0.717) is 17.0 Å². The number of rotatable bonds is 6. The summed E-state index contributed by atoms with van der Waals surface area (Å²) in [7, 11) is 0. The normalized spacial score (nSPS) is 10.9. The Hall–Kier alpha value is -3.91. The van der Waals surface area contributed by atoms with E-state index in [2.05, 4.69) is 5.32 Å². The van der Waals surface area contributed by atoms with Crippen LogP contribution in [0.5, 0.6) is 5.75 Å². The molecule has 3 aromatic rings. The minimum absolute atomic E-state index is 0.00156. The maximum Gasteiger partial charge on any atom is 0.266 e. The van der Waals surface area contributed by atoms with Crippen molar-refractivity contribution in [2.24, 2.45) is 0 Å². The molecule has 0 radical (unpaired) electrons. The van der Waals surface area contributed by atoms with Crippen LogP contribution in [0.15, 0.2) is 78.4 Å². The summed E-state index contributed by atoms with van der Waals surface area (Å²) in [6.07, 6.45) is 1.52. The predicted molar refractivity (Wildman–Crippen MR) is 111 cm³/mol. The van der Waals surface area contributed by atoms with E-state index in [1.807, 2.05) is 31.2 Å². The highest BCUT2D eigenvalue weighted by Crippen LogP contribution is 2.18. The van der Waals surface area contributed by atoms with Gasteiger partial charge in [0.2, 0.25) is 0 Å². The van der Waals surface area contributed by atoms with Crippen LogP contribution >= 0.6 is 0 Å². The van der Waals surface area contributed by atoms with Crippen molar-refractivity contribution in [3.8, 4) is 11.8 Å². The number of benzene rings is 3. The Morgan fingerprint density at radius 1 is 1.10 bits per heavy atom. The average molecular weight is 386 g/mol. The highest BCUT2D eigenvalue weighted by atomic mass is 19.1. The number of hydrogen-bond donors (Lipinski definition) is 1. The summed E-state index contributed by atoms with van der Waals surface area (Å²) in [4.78, 5) is 12.4. The molecular weight excluding hydrogens is 367 g/mol. The van der Waals surface area contributed by atoms with Gasteiger partial charge in [-0.15, -0.1) is 0 Å². The van der Waals surface area contributed by atoms with Crippen molar-refractivity contribution in [3.63, 3.8) is 0 Å². The second-order valence-electron chi connectivity index (χ2n) is 6.43. The number of nitrogens with zero attached hydrogens (tertiary/aromatic N) is 1. The molecule has 3 aromatic carbocycles. The second kappa shape index (κ2) is 9.34. The Bertz CT molecular complexity index is 1080. The molecule has 0 atom stereocenters. The summed E-state index contributed by atoms with van der Waals surface area (Å²) in [5, 5.41) is 12.1. The maximum atomic E-state index is 13.2. The fourth-order valence-electron chi connectivity index (χ4n) is 2.67. The molecular formula is C24H19FN2O2. The van der Waals surface area contributed by atoms with Crippen LogP contribution in [0.1, 0.15) is 16.7 Å². The molecule has 0 unspecified atom stereocenters. The van der Waals surface area contributed by atoms with Crippen LogP contribution in [-0.4, -0.2) is 5.91 Å². The summed E-state index contributed by atoms with van der Waals surface area (Å²) < 4.78 is 18.8. The van der Waals surface area contributed by atoms with Crippen LogP contribution in [0.25, 0.3) is 6.08 Å². The molecule has 5 heteroatoms. The molecule has 3 rings (SSSR count). The topological polar surface area (TPSA) is 62.1 Å². The van der Waals surface area contributed by atoms with Crippen molar-refractivity contribution >= 4 is 17.7 Å². The molecule has 0 aromatic heterocycles. The minimum atomic E-state index is -0.465. The van der Waals surface area contributed by atoms with Gasteiger partial charge in [-0.3, -0.25) is 4.79 Å². The van der Waals surface area contributed by atoms with Crippen molar-refractivity contribution in [2.45, 2.75) is 13.5 Å². The maximum absolute atomic E-state index is 13.2. The molecule has 0 aliphatic carbocycles. The first-order valence-electron chi connectivity index (χ1n) is 9.01. The van der Waals surface area contributed by atoms with Gasteiger partial charge >= 0.3 is 0 Å². The Morgan fingerprint density at radius 2 is 1.86 bits per heavy atom. The molecule has 0 aliphatic heterocycles.